The molecule has 5 heteroatoms. The van der Waals surface area contributed by atoms with Gasteiger partial charge in [0.15, 0.2) is 0 Å². The van der Waals surface area contributed by atoms with Crippen LogP contribution in [0.4, 0.5) is 10.5 Å². The van der Waals surface area contributed by atoms with E-state index in [2.05, 4.69) is 73.0 Å². The van der Waals surface area contributed by atoms with Crippen LogP contribution in [0.3, 0.4) is 0 Å². The van der Waals surface area contributed by atoms with Gasteiger partial charge in [-0.1, -0.05) is 92.5 Å². The van der Waals surface area contributed by atoms with Crippen molar-refractivity contribution in [1.82, 2.24) is 5.32 Å². The molecule has 222 valence electrons. The van der Waals surface area contributed by atoms with Crippen LogP contribution in [0.5, 0.6) is 5.75 Å². The standard InChI is InChI=1S/C36H50N2O3/c1-28-20-29(2)23-33(22-28)27-37-26-32-14-16-35(17-15-32)40-18-12-10-8-6-5-7-9-11-13-19-41-36(39)38-34-24-30(3)21-31(4)25-34/h14-17,20-25,37H,5-13,18-19,26-27H2,1-4H3,(H,38,39). The third-order valence-corrected chi connectivity index (χ3v) is 7.12. The zero-order valence-corrected chi connectivity index (χ0v) is 25.7. The molecular formula is C36H50N2O3. The molecule has 0 saturated heterocycles. The van der Waals surface area contributed by atoms with E-state index >= 15 is 0 Å². The SMILES string of the molecule is Cc1cc(C)cc(CNCc2ccc(OCCCCCCCCCCCOC(=O)Nc3cc(C)cc(C)c3)cc2)c1. The number of aryl methyl sites for hydroxylation is 4. The van der Waals surface area contributed by atoms with E-state index in [1.165, 1.54) is 60.8 Å². The fourth-order valence-corrected chi connectivity index (χ4v) is 5.22. The average molecular weight is 559 g/mol. The van der Waals surface area contributed by atoms with Gasteiger partial charge < -0.3 is 14.8 Å². The van der Waals surface area contributed by atoms with Gasteiger partial charge in [0.05, 0.1) is 13.2 Å². The summed E-state index contributed by atoms with van der Waals surface area (Å²) in [6, 6.07) is 21.1. The molecule has 0 aliphatic rings. The first kappa shape index (κ1) is 32.2. The van der Waals surface area contributed by atoms with Crippen LogP contribution in [-0.4, -0.2) is 19.3 Å². The smallest absolute Gasteiger partial charge is 0.411 e. The van der Waals surface area contributed by atoms with E-state index in [1.807, 2.05) is 26.0 Å². The highest BCUT2D eigenvalue weighted by Crippen LogP contribution is 2.16. The molecule has 0 saturated carbocycles. The molecule has 41 heavy (non-hydrogen) atoms. The number of carbonyl (C=O) groups is 1. The predicted molar refractivity (Wildman–Crippen MR) is 171 cm³/mol. The van der Waals surface area contributed by atoms with Crippen LogP contribution >= 0.6 is 0 Å². The Balaban J connectivity index is 1.11. The van der Waals surface area contributed by atoms with E-state index in [1.54, 1.807) is 0 Å². The lowest BCUT2D eigenvalue weighted by atomic mass is 10.1. The van der Waals surface area contributed by atoms with Crippen molar-refractivity contribution in [2.24, 2.45) is 0 Å². The molecule has 0 heterocycles. The topological polar surface area (TPSA) is 59.6 Å². The summed E-state index contributed by atoms with van der Waals surface area (Å²) in [4.78, 5) is 12.0. The second-order valence-corrected chi connectivity index (χ2v) is 11.4. The Bertz CT molecular complexity index is 1150. The number of hydrogen-bond donors (Lipinski definition) is 2. The van der Waals surface area contributed by atoms with E-state index in [0.717, 1.165) is 61.5 Å². The van der Waals surface area contributed by atoms with E-state index in [0.29, 0.717) is 6.61 Å². The lowest BCUT2D eigenvalue weighted by Crippen LogP contribution is -2.14. The number of hydrogen-bond acceptors (Lipinski definition) is 4. The molecule has 0 atom stereocenters. The van der Waals surface area contributed by atoms with Gasteiger partial charge in [-0.2, -0.15) is 0 Å². The largest absolute Gasteiger partial charge is 0.494 e. The second-order valence-electron chi connectivity index (χ2n) is 11.4. The summed E-state index contributed by atoms with van der Waals surface area (Å²) in [6.45, 7) is 11.3. The normalized spacial score (nSPS) is 10.9. The van der Waals surface area contributed by atoms with Crippen molar-refractivity contribution in [3.63, 3.8) is 0 Å². The fourth-order valence-electron chi connectivity index (χ4n) is 5.22. The fraction of sp³-hybridized carbons (Fsp3) is 0.472. The monoisotopic (exact) mass is 558 g/mol. The third-order valence-electron chi connectivity index (χ3n) is 7.12. The van der Waals surface area contributed by atoms with Crippen molar-refractivity contribution in [3.8, 4) is 5.75 Å². The molecule has 0 aliphatic heterocycles. The number of carbonyl (C=O) groups excluding carboxylic acids is 1. The maximum atomic E-state index is 12.0. The molecule has 0 fully saturated rings. The molecule has 1 amide bonds. The van der Waals surface area contributed by atoms with Gasteiger partial charge in [-0.15, -0.1) is 0 Å². The Hall–Kier alpha value is -3.31. The molecule has 3 aromatic rings. The second kappa shape index (κ2) is 18.2. The molecular weight excluding hydrogens is 508 g/mol. The van der Waals surface area contributed by atoms with E-state index in [-0.39, 0.29) is 6.09 Å². The number of amides is 1. The Morgan fingerprint density at radius 1 is 0.585 bits per heavy atom. The first-order valence-corrected chi connectivity index (χ1v) is 15.4. The summed E-state index contributed by atoms with van der Waals surface area (Å²) in [7, 11) is 0. The summed E-state index contributed by atoms with van der Waals surface area (Å²) >= 11 is 0. The Morgan fingerprint density at radius 2 is 1.07 bits per heavy atom. The van der Waals surface area contributed by atoms with Crippen molar-refractivity contribution in [1.29, 1.82) is 0 Å². The highest BCUT2D eigenvalue weighted by molar-refractivity contribution is 5.84. The zero-order valence-electron chi connectivity index (χ0n) is 25.7. The summed E-state index contributed by atoms with van der Waals surface area (Å²) in [5.41, 5.74) is 8.28. The highest BCUT2D eigenvalue weighted by Gasteiger charge is 2.04. The van der Waals surface area contributed by atoms with Gasteiger partial charge in [-0.3, -0.25) is 5.32 Å². The average Bonchev–Trinajstić information content (AvgIpc) is 2.91. The Kier molecular flexibility index (Phi) is 14.3. The molecule has 2 N–H and O–H groups in total. The molecule has 0 aromatic heterocycles. The van der Waals surface area contributed by atoms with Crippen molar-refractivity contribution in [2.75, 3.05) is 18.5 Å². The minimum Gasteiger partial charge on any atom is -0.494 e. The van der Waals surface area contributed by atoms with Crippen LogP contribution < -0.4 is 15.4 Å². The molecule has 0 radical (unpaired) electrons. The van der Waals surface area contributed by atoms with Crippen molar-refractivity contribution < 1.29 is 14.3 Å². The summed E-state index contributed by atoms with van der Waals surface area (Å²) in [6.07, 6.45) is 10.2. The number of rotatable bonds is 18. The summed E-state index contributed by atoms with van der Waals surface area (Å²) in [5, 5.41) is 6.35. The zero-order chi connectivity index (χ0) is 29.3. The minimum atomic E-state index is -0.368. The van der Waals surface area contributed by atoms with E-state index in [9.17, 15) is 4.79 Å². The predicted octanol–water partition coefficient (Wildman–Crippen LogP) is 9.35. The number of nitrogens with one attached hydrogen (secondary N) is 2. The Morgan fingerprint density at radius 3 is 1.66 bits per heavy atom. The highest BCUT2D eigenvalue weighted by atomic mass is 16.5. The maximum absolute atomic E-state index is 12.0. The summed E-state index contributed by atoms with van der Waals surface area (Å²) in [5.74, 6) is 0.953. The van der Waals surface area contributed by atoms with Crippen LogP contribution in [-0.2, 0) is 17.8 Å². The third kappa shape index (κ3) is 13.7. The van der Waals surface area contributed by atoms with Gasteiger partial charge in [0, 0.05) is 18.8 Å². The molecule has 3 aromatic carbocycles. The lowest BCUT2D eigenvalue weighted by molar-refractivity contribution is 0.159. The molecule has 5 nitrogen and oxygen atoms in total. The van der Waals surface area contributed by atoms with Gasteiger partial charge in [0.1, 0.15) is 5.75 Å². The lowest BCUT2D eigenvalue weighted by Gasteiger charge is -2.09. The Labute approximate surface area is 248 Å². The van der Waals surface area contributed by atoms with Gasteiger partial charge in [-0.25, -0.2) is 4.79 Å². The van der Waals surface area contributed by atoms with Gasteiger partial charge in [0.25, 0.3) is 0 Å². The molecule has 0 bridgehead atoms. The number of anilines is 1. The molecule has 0 unspecified atom stereocenters. The van der Waals surface area contributed by atoms with Crippen molar-refractivity contribution in [3.05, 3.63) is 94.0 Å². The van der Waals surface area contributed by atoms with Crippen LogP contribution in [0.1, 0.15) is 91.2 Å². The van der Waals surface area contributed by atoms with Crippen molar-refractivity contribution >= 4 is 11.8 Å². The van der Waals surface area contributed by atoms with Crippen LogP contribution in [0.25, 0.3) is 0 Å². The molecule has 3 rings (SSSR count). The van der Waals surface area contributed by atoms with Crippen LogP contribution in [0.15, 0.2) is 60.7 Å². The maximum Gasteiger partial charge on any atom is 0.411 e. The van der Waals surface area contributed by atoms with E-state index in [4.69, 9.17) is 9.47 Å². The van der Waals surface area contributed by atoms with Crippen LogP contribution in [0.2, 0.25) is 0 Å². The minimum absolute atomic E-state index is 0.368. The number of ether oxygens (including phenoxy) is 2. The van der Waals surface area contributed by atoms with Gasteiger partial charge >= 0.3 is 6.09 Å². The van der Waals surface area contributed by atoms with E-state index < -0.39 is 0 Å². The summed E-state index contributed by atoms with van der Waals surface area (Å²) < 4.78 is 11.3. The van der Waals surface area contributed by atoms with Gasteiger partial charge in [-0.05, 0) is 87.1 Å². The van der Waals surface area contributed by atoms with Gasteiger partial charge in [0.2, 0.25) is 0 Å². The van der Waals surface area contributed by atoms with Crippen molar-refractivity contribution in [2.45, 2.75) is 98.6 Å². The quantitative estimate of drug-likeness (QED) is 0.153. The number of benzene rings is 3. The van der Waals surface area contributed by atoms with Crippen LogP contribution in [0, 0.1) is 27.7 Å². The number of unbranched alkanes of at least 4 members (excludes halogenated alkanes) is 8. The molecule has 0 aliphatic carbocycles. The first-order valence-electron chi connectivity index (χ1n) is 15.4. The first-order chi connectivity index (χ1) is 19.9. The molecule has 0 spiro atoms.